The number of hydrogen-bond donors (Lipinski definition) is 1. The third kappa shape index (κ3) is 3.81. The highest BCUT2D eigenvalue weighted by atomic mass is 32.2. The van der Waals surface area contributed by atoms with Crippen LogP contribution in [-0.4, -0.2) is 23.1 Å². The van der Waals surface area contributed by atoms with Gasteiger partial charge in [-0.3, -0.25) is 0 Å². The van der Waals surface area contributed by atoms with Crippen LogP contribution in [-0.2, 0) is 14.8 Å². The van der Waals surface area contributed by atoms with Crippen molar-refractivity contribution in [1.29, 1.82) is 0 Å². The molecule has 25 heavy (non-hydrogen) atoms. The van der Waals surface area contributed by atoms with Crippen LogP contribution in [0.25, 0.3) is 11.0 Å². The van der Waals surface area contributed by atoms with E-state index in [0.29, 0.717) is 11.1 Å². The van der Waals surface area contributed by atoms with Crippen molar-refractivity contribution in [2.45, 2.75) is 17.4 Å². The Labute approximate surface area is 146 Å². The molecule has 7 nitrogen and oxygen atoms in total. The van der Waals surface area contributed by atoms with E-state index in [0.717, 1.165) is 23.9 Å². The number of nitrogens with one attached hydrogen (secondary N) is 1. The molecule has 0 bridgehead atoms. The summed E-state index contributed by atoms with van der Waals surface area (Å²) in [7, 11) is -4.09. The Balaban J connectivity index is 1.99. The van der Waals surface area contributed by atoms with Gasteiger partial charge in [0.15, 0.2) is 0 Å². The van der Waals surface area contributed by atoms with Crippen molar-refractivity contribution in [3.63, 3.8) is 0 Å². The number of aliphatic carboxylic acids is 1. The Kier molecular flexibility index (Phi) is 4.75. The van der Waals surface area contributed by atoms with E-state index in [1.54, 1.807) is 6.07 Å². The van der Waals surface area contributed by atoms with E-state index in [1.807, 2.05) is 0 Å². The van der Waals surface area contributed by atoms with Crippen LogP contribution in [0, 0.1) is 5.82 Å². The number of carbonyl (C=O) groups excluding carboxylic acids is 1. The molecule has 0 amide bonds. The van der Waals surface area contributed by atoms with Crippen molar-refractivity contribution < 1.29 is 22.7 Å². The summed E-state index contributed by atoms with van der Waals surface area (Å²) in [6.45, 7) is 0. The van der Waals surface area contributed by atoms with Gasteiger partial charge in [0.2, 0.25) is 10.0 Å². The molecule has 3 rings (SSSR count). The quantitative estimate of drug-likeness (QED) is 0.682. The highest BCUT2D eigenvalue weighted by molar-refractivity contribution is 7.89. The maximum absolute atomic E-state index is 13.1. The van der Waals surface area contributed by atoms with Gasteiger partial charge >= 0.3 is 0 Å². The van der Waals surface area contributed by atoms with Crippen LogP contribution >= 0.6 is 11.7 Å². The van der Waals surface area contributed by atoms with Gasteiger partial charge < -0.3 is 9.90 Å². The third-order valence-electron chi connectivity index (χ3n) is 3.48. The van der Waals surface area contributed by atoms with Crippen LogP contribution in [0.3, 0.4) is 0 Å². The Morgan fingerprint density at radius 2 is 1.92 bits per heavy atom. The van der Waals surface area contributed by atoms with Gasteiger partial charge in [-0.2, -0.15) is 8.75 Å². The lowest BCUT2D eigenvalue weighted by molar-refractivity contribution is -0.306. The van der Waals surface area contributed by atoms with E-state index < -0.39 is 34.3 Å². The molecule has 1 aromatic heterocycles. The number of fused-ring (bicyclic) bond motifs is 1. The summed E-state index contributed by atoms with van der Waals surface area (Å²) in [5.74, 6) is -1.96. The van der Waals surface area contributed by atoms with Crippen LogP contribution < -0.4 is 9.83 Å². The molecule has 130 valence electrons. The van der Waals surface area contributed by atoms with E-state index in [2.05, 4.69) is 13.5 Å². The smallest absolute Gasteiger partial charge is 0.243 e. The summed E-state index contributed by atoms with van der Waals surface area (Å²) in [5.41, 5.74) is 0.926. The molecular formula is C15H11FN3O4S2-. The summed E-state index contributed by atoms with van der Waals surface area (Å²) < 4.78 is 48.8. The maximum atomic E-state index is 13.1. The highest BCUT2D eigenvalue weighted by Crippen LogP contribution is 2.25. The number of sulfonamides is 1. The summed E-state index contributed by atoms with van der Waals surface area (Å²) in [4.78, 5) is 10.9. The van der Waals surface area contributed by atoms with Crippen molar-refractivity contribution >= 4 is 38.8 Å². The molecule has 1 heterocycles. The number of rotatable bonds is 6. The zero-order chi connectivity index (χ0) is 18.0. The standard InChI is InChI=1S/C15H12FN3O4S2/c16-10-6-4-9(5-7-10)12(8-14(20)21)19-25(22,23)13-3-1-2-11-15(13)18-24-17-11/h1-7,12,19H,8H2,(H,20,21)/p-1. The average Bonchev–Trinajstić information content (AvgIpc) is 3.02. The Morgan fingerprint density at radius 3 is 2.60 bits per heavy atom. The van der Waals surface area contributed by atoms with Gasteiger partial charge in [0, 0.05) is 12.4 Å². The van der Waals surface area contributed by atoms with Gasteiger partial charge in [-0.1, -0.05) is 18.2 Å². The van der Waals surface area contributed by atoms with E-state index >= 15 is 0 Å². The van der Waals surface area contributed by atoms with Crippen molar-refractivity contribution in [1.82, 2.24) is 13.5 Å². The van der Waals surface area contributed by atoms with E-state index in [-0.39, 0.29) is 10.4 Å². The van der Waals surface area contributed by atoms with Crippen LogP contribution in [0.5, 0.6) is 0 Å². The largest absolute Gasteiger partial charge is 0.550 e. The molecule has 0 aliphatic rings. The van der Waals surface area contributed by atoms with Crippen LogP contribution in [0.4, 0.5) is 4.39 Å². The van der Waals surface area contributed by atoms with Gasteiger partial charge in [0.05, 0.1) is 17.8 Å². The van der Waals surface area contributed by atoms with Crippen molar-refractivity contribution in [2.75, 3.05) is 0 Å². The molecule has 3 aromatic rings. The molecule has 1 N–H and O–H groups in total. The molecule has 0 aliphatic heterocycles. The molecule has 0 fully saturated rings. The lowest BCUT2D eigenvalue weighted by Gasteiger charge is -2.20. The molecule has 0 spiro atoms. The number of nitrogens with zero attached hydrogens (tertiary/aromatic N) is 2. The Bertz CT molecular complexity index is 1020. The van der Waals surface area contributed by atoms with Crippen LogP contribution in [0.1, 0.15) is 18.0 Å². The molecule has 0 aliphatic carbocycles. The van der Waals surface area contributed by atoms with Gasteiger partial charge in [-0.15, -0.1) is 0 Å². The maximum Gasteiger partial charge on any atom is 0.243 e. The number of benzene rings is 2. The molecule has 1 unspecified atom stereocenters. The highest BCUT2D eigenvalue weighted by Gasteiger charge is 2.24. The van der Waals surface area contributed by atoms with Gasteiger partial charge in [0.25, 0.3) is 0 Å². The molecule has 2 aromatic carbocycles. The fraction of sp³-hybridized carbons (Fsp3) is 0.133. The second kappa shape index (κ2) is 6.82. The fourth-order valence-corrected chi connectivity index (χ4v) is 4.33. The summed E-state index contributed by atoms with van der Waals surface area (Å²) in [6.07, 6.45) is -0.601. The normalized spacial score (nSPS) is 13.0. The number of halogens is 1. The zero-order valence-corrected chi connectivity index (χ0v) is 14.2. The van der Waals surface area contributed by atoms with Crippen molar-refractivity contribution in [3.05, 3.63) is 53.8 Å². The van der Waals surface area contributed by atoms with Gasteiger partial charge in [-0.05, 0) is 29.8 Å². The third-order valence-corrected chi connectivity index (χ3v) is 5.52. The Morgan fingerprint density at radius 1 is 1.20 bits per heavy atom. The second-order valence-electron chi connectivity index (χ2n) is 5.19. The van der Waals surface area contributed by atoms with E-state index in [4.69, 9.17) is 0 Å². The first-order valence-corrected chi connectivity index (χ1v) is 9.27. The zero-order valence-electron chi connectivity index (χ0n) is 12.5. The van der Waals surface area contributed by atoms with E-state index in [1.165, 1.54) is 24.3 Å². The minimum atomic E-state index is -4.09. The summed E-state index contributed by atoms with van der Waals surface area (Å²) >= 11 is 0.873. The molecule has 1 atom stereocenters. The molecule has 0 radical (unpaired) electrons. The number of carboxylic acid groups (broad SMARTS) is 1. The van der Waals surface area contributed by atoms with Crippen molar-refractivity contribution in [3.8, 4) is 0 Å². The van der Waals surface area contributed by atoms with Crippen molar-refractivity contribution in [2.24, 2.45) is 0 Å². The van der Waals surface area contributed by atoms with Gasteiger partial charge in [-0.25, -0.2) is 17.5 Å². The lowest BCUT2D eigenvalue weighted by Crippen LogP contribution is -2.34. The number of carboxylic acids is 1. The molecular weight excluding hydrogens is 369 g/mol. The first kappa shape index (κ1) is 17.4. The first-order chi connectivity index (χ1) is 11.9. The van der Waals surface area contributed by atoms with Gasteiger partial charge in [0.1, 0.15) is 21.7 Å². The molecule has 10 heteroatoms. The average molecular weight is 380 g/mol. The lowest BCUT2D eigenvalue weighted by atomic mass is 10.1. The predicted molar refractivity (Wildman–Crippen MR) is 86.5 cm³/mol. The van der Waals surface area contributed by atoms with Crippen LogP contribution in [0.15, 0.2) is 47.4 Å². The molecule has 0 saturated heterocycles. The number of aromatic nitrogens is 2. The fourth-order valence-electron chi connectivity index (χ4n) is 2.34. The SMILES string of the molecule is O=C([O-])CC(NS(=O)(=O)c1cccc2nsnc12)c1ccc(F)cc1. The first-order valence-electron chi connectivity index (χ1n) is 7.06. The Hall–Kier alpha value is -2.43. The minimum absolute atomic E-state index is 0.107. The molecule has 0 saturated carbocycles. The number of carbonyl (C=O) groups is 1. The summed E-state index contributed by atoms with van der Waals surface area (Å²) in [5, 5.41) is 11.0. The minimum Gasteiger partial charge on any atom is -0.550 e. The summed E-state index contributed by atoms with van der Waals surface area (Å²) in [6, 6.07) is 8.26. The second-order valence-corrected chi connectivity index (χ2v) is 7.40. The number of hydrogen-bond acceptors (Lipinski definition) is 7. The predicted octanol–water partition coefficient (Wildman–Crippen LogP) is 0.990. The topological polar surface area (TPSA) is 112 Å². The van der Waals surface area contributed by atoms with Crippen LogP contribution in [0.2, 0.25) is 0 Å². The van der Waals surface area contributed by atoms with E-state index in [9.17, 15) is 22.7 Å². The monoisotopic (exact) mass is 380 g/mol.